The summed E-state index contributed by atoms with van der Waals surface area (Å²) in [5, 5.41) is 3.20. The van der Waals surface area contributed by atoms with Crippen LogP contribution in [0, 0.1) is 0 Å². The molecular formula is C12H19N3. The van der Waals surface area contributed by atoms with Crippen LogP contribution < -0.4 is 11.1 Å². The zero-order valence-corrected chi connectivity index (χ0v) is 9.24. The van der Waals surface area contributed by atoms with Gasteiger partial charge in [-0.05, 0) is 36.8 Å². The Bertz CT molecular complexity index is 324. The average Bonchev–Trinajstić information content (AvgIpc) is 2.29. The largest absolute Gasteiger partial charge is 0.387 e. The molecule has 1 aliphatic carbocycles. The molecule has 1 aliphatic rings. The van der Waals surface area contributed by atoms with Crippen LogP contribution in [0.2, 0.25) is 0 Å². The third kappa shape index (κ3) is 2.29. The van der Waals surface area contributed by atoms with Gasteiger partial charge in [0.05, 0.1) is 11.9 Å². The summed E-state index contributed by atoms with van der Waals surface area (Å²) in [6.45, 7) is 0. The number of hydrogen-bond donors (Lipinski definition) is 2. The van der Waals surface area contributed by atoms with Crippen LogP contribution in [0.3, 0.4) is 0 Å². The minimum atomic E-state index is 0.377. The van der Waals surface area contributed by atoms with Gasteiger partial charge in [-0.3, -0.25) is 4.98 Å². The first kappa shape index (κ1) is 10.4. The van der Waals surface area contributed by atoms with Crippen molar-refractivity contribution in [3.63, 3.8) is 0 Å². The molecular weight excluding hydrogens is 186 g/mol. The number of pyridine rings is 1. The number of anilines is 1. The smallest absolute Gasteiger partial charge is 0.0559 e. The molecule has 15 heavy (non-hydrogen) atoms. The number of rotatable bonds is 2. The summed E-state index contributed by atoms with van der Waals surface area (Å²) in [6, 6.07) is 2.50. The standard InChI is InChI=1S/C12H19N3/c1-14-12-8-15-6-5-11(12)9-3-2-4-10(13)7-9/h5-6,8-10,14H,2-4,7,13H2,1H3. The lowest BCUT2D eigenvalue weighted by Crippen LogP contribution is -2.27. The first-order valence-electron chi connectivity index (χ1n) is 5.68. The summed E-state index contributed by atoms with van der Waals surface area (Å²) in [4.78, 5) is 4.14. The molecule has 0 radical (unpaired) electrons. The molecule has 0 bridgehead atoms. The Hall–Kier alpha value is -1.09. The second kappa shape index (κ2) is 4.62. The Morgan fingerprint density at radius 1 is 1.47 bits per heavy atom. The topological polar surface area (TPSA) is 50.9 Å². The lowest BCUT2D eigenvalue weighted by Gasteiger charge is -2.28. The summed E-state index contributed by atoms with van der Waals surface area (Å²) in [5.74, 6) is 0.610. The van der Waals surface area contributed by atoms with Gasteiger partial charge < -0.3 is 11.1 Å². The predicted octanol–water partition coefficient (Wildman–Crippen LogP) is 2.11. The van der Waals surface area contributed by atoms with Gasteiger partial charge in [-0.25, -0.2) is 0 Å². The molecule has 2 atom stereocenters. The van der Waals surface area contributed by atoms with E-state index in [0.717, 1.165) is 12.1 Å². The fourth-order valence-electron chi connectivity index (χ4n) is 2.48. The minimum Gasteiger partial charge on any atom is -0.387 e. The minimum absolute atomic E-state index is 0.377. The average molecular weight is 205 g/mol. The lowest BCUT2D eigenvalue weighted by molar-refractivity contribution is 0.394. The number of nitrogens with one attached hydrogen (secondary N) is 1. The van der Waals surface area contributed by atoms with Crippen LogP contribution in [0.25, 0.3) is 0 Å². The van der Waals surface area contributed by atoms with Crippen LogP contribution in [-0.4, -0.2) is 18.1 Å². The molecule has 0 aromatic carbocycles. The van der Waals surface area contributed by atoms with Crippen molar-refractivity contribution < 1.29 is 0 Å². The Morgan fingerprint density at radius 3 is 3.07 bits per heavy atom. The zero-order valence-electron chi connectivity index (χ0n) is 9.24. The first-order valence-corrected chi connectivity index (χ1v) is 5.68. The van der Waals surface area contributed by atoms with Crippen molar-refractivity contribution in [3.8, 4) is 0 Å². The Kier molecular flexibility index (Phi) is 3.21. The number of nitrogens with zero attached hydrogens (tertiary/aromatic N) is 1. The van der Waals surface area contributed by atoms with E-state index in [1.807, 2.05) is 19.4 Å². The predicted molar refractivity (Wildman–Crippen MR) is 63.0 cm³/mol. The molecule has 3 nitrogen and oxygen atoms in total. The molecule has 1 saturated carbocycles. The maximum atomic E-state index is 6.02. The highest BCUT2D eigenvalue weighted by molar-refractivity contribution is 5.50. The van der Waals surface area contributed by atoms with Crippen molar-refractivity contribution >= 4 is 5.69 Å². The highest BCUT2D eigenvalue weighted by Crippen LogP contribution is 2.35. The molecule has 0 aliphatic heterocycles. The number of aromatic nitrogens is 1. The van der Waals surface area contributed by atoms with Gasteiger partial charge in [0.2, 0.25) is 0 Å². The fourth-order valence-corrected chi connectivity index (χ4v) is 2.48. The molecule has 3 heteroatoms. The van der Waals surface area contributed by atoms with Gasteiger partial charge in [-0.1, -0.05) is 6.42 Å². The summed E-state index contributed by atoms with van der Waals surface area (Å²) in [7, 11) is 1.95. The van der Waals surface area contributed by atoms with E-state index in [1.54, 1.807) is 0 Å². The van der Waals surface area contributed by atoms with E-state index in [0.29, 0.717) is 12.0 Å². The molecule has 2 rings (SSSR count). The summed E-state index contributed by atoms with van der Waals surface area (Å²) < 4.78 is 0. The SMILES string of the molecule is CNc1cnccc1C1CCCC(N)C1. The summed E-state index contributed by atoms with van der Waals surface area (Å²) in [5.41, 5.74) is 8.55. The van der Waals surface area contributed by atoms with Crippen molar-refractivity contribution in [2.75, 3.05) is 12.4 Å². The van der Waals surface area contributed by atoms with Gasteiger partial charge in [-0.2, -0.15) is 0 Å². The van der Waals surface area contributed by atoms with E-state index < -0.39 is 0 Å². The van der Waals surface area contributed by atoms with Crippen molar-refractivity contribution in [2.24, 2.45) is 5.73 Å². The molecule has 3 N–H and O–H groups in total. The van der Waals surface area contributed by atoms with Crippen LogP contribution >= 0.6 is 0 Å². The number of nitrogens with two attached hydrogens (primary N) is 1. The van der Waals surface area contributed by atoms with E-state index in [-0.39, 0.29) is 0 Å². The quantitative estimate of drug-likeness (QED) is 0.777. The molecule has 82 valence electrons. The maximum absolute atomic E-state index is 6.02. The van der Waals surface area contributed by atoms with Crippen molar-refractivity contribution in [3.05, 3.63) is 24.0 Å². The van der Waals surface area contributed by atoms with E-state index in [1.165, 1.54) is 24.8 Å². The monoisotopic (exact) mass is 205 g/mol. The first-order chi connectivity index (χ1) is 7.31. The molecule has 0 amide bonds. The highest BCUT2D eigenvalue weighted by Gasteiger charge is 2.22. The van der Waals surface area contributed by atoms with E-state index >= 15 is 0 Å². The summed E-state index contributed by atoms with van der Waals surface area (Å²) >= 11 is 0. The second-order valence-electron chi connectivity index (χ2n) is 4.34. The molecule has 0 saturated heterocycles. The van der Waals surface area contributed by atoms with Gasteiger partial charge >= 0.3 is 0 Å². The van der Waals surface area contributed by atoms with Crippen LogP contribution in [0.1, 0.15) is 37.2 Å². The van der Waals surface area contributed by atoms with Gasteiger partial charge in [0.15, 0.2) is 0 Å². The van der Waals surface area contributed by atoms with E-state index in [2.05, 4.69) is 16.4 Å². The van der Waals surface area contributed by atoms with Gasteiger partial charge in [0.25, 0.3) is 0 Å². The zero-order chi connectivity index (χ0) is 10.7. The molecule has 2 unspecified atom stereocenters. The fraction of sp³-hybridized carbons (Fsp3) is 0.583. The highest BCUT2D eigenvalue weighted by atomic mass is 14.8. The maximum Gasteiger partial charge on any atom is 0.0559 e. The van der Waals surface area contributed by atoms with Crippen molar-refractivity contribution in [2.45, 2.75) is 37.6 Å². The number of hydrogen-bond acceptors (Lipinski definition) is 3. The third-order valence-electron chi connectivity index (χ3n) is 3.28. The molecule has 1 heterocycles. The normalized spacial score (nSPS) is 26.3. The molecule has 1 aromatic heterocycles. The Labute approximate surface area is 91.1 Å². The molecule has 1 aromatic rings. The Morgan fingerprint density at radius 2 is 2.33 bits per heavy atom. The van der Waals surface area contributed by atoms with E-state index in [9.17, 15) is 0 Å². The van der Waals surface area contributed by atoms with Crippen LogP contribution in [0.15, 0.2) is 18.5 Å². The van der Waals surface area contributed by atoms with Gasteiger partial charge in [-0.15, -0.1) is 0 Å². The van der Waals surface area contributed by atoms with Gasteiger partial charge in [0.1, 0.15) is 0 Å². The molecule has 0 spiro atoms. The third-order valence-corrected chi connectivity index (χ3v) is 3.28. The summed E-state index contributed by atoms with van der Waals surface area (Å²) in [6.07, 6.45) is 8.56. The van der Waals surface area contributed by atoms with Crippen molar-refractivity contribution in [1.29, 1.82) is 0 Å². The Balaban J connectivity index is 2.20. The van der Waals surface area contributed by atoms with Crippen LogP contribution in [-0.2, 0) is 0 Å². The molecule has 1 fully saturated rings. The lowest BCUT2D eigenvalue weighted by atomic mass is 9.81. The van der Waals surface area contributed by atoms with Gasteiger partial charge in [0, 0.05) is 19.3 Å². The van der Waals surface area contributed by atoms with Crippen molar-refractivity contribution in [1.82, 2.24) is 4.98 Å². The van der Waals surface area contributed by atoms with Crippen LogP contribution in [0.4, 0.5) is 5.69 Å². The van der Waals surface area contributed by atoms with E-state index in [4.69, 9.17) is 5.73 Å². The van der Waals surface area contributed by atoms with Crippen LogP contribution in [0.5, 0.6) is 0 Å². The second-order valence-corrected chi connectivity index (χ2v) is 4.34.